The maximum atomic E-state index is 15.1. The molecule has 6 heteroatoms. The topological polar surface area (TPSA) is 65.0 Å². The molecule has 1 aliphatic carbocycles. The van der Waals surface area contributed by atoms with Crippen LogP contribution in [0.2, 0.25) is 0 Å². The van der Waals surface area contributed by atoms with Gasteiger partial charge in [-0.25, -0.2) is 4.39 Å². The summed E-state index contributed by atoms with van der Waals surface area (Å²) in [7, 11) is 1.58. The molecule has 0 spiro atoms. The molecule has 3 aromatic rings. The van der Waals surface area contributed by atoms with E-state index in [9.17, 15) is 9.90 Å². The Labute approximate surface area is 229 Å². The fourth-order valence-corrected chi connectivity index (χ4v) is 5.84. The van der Waals surface area contributed by atoms with E-state index in [-0.39, 0.29) is 29.7 Å². The van der Waals surface area contributed by atoms with Gasteiger partial charge in [-0.15, -0.1) is 0 Å². The normalized spacial score (nSPS) is 19.3. The summed E-state index contributed by atoms with van der Waals surface area (Å²) in [6, 6.07) is 18.6. The van der Waals surface area contributed by atoms with Crippen molar-refractivity contribution in [2.75, 3.05) is 13.7 Å². The lowest BCUT2D eigenvalue weighted by atomic mass is 9.75. The molecular formula is C33H37FO5. The van der Waals surface area contributed by atoms with E-state index in [4.69, 9.17) is 14.2 Å². The van der Waals surface area contributed by atoms with Crippen LogP contribution in [0.5, 0.6) is 11.5 Å². The lowest BCUT2D eigenvalue weighted by Gasteiger charge is -2.39. The van der Waals surface area contributed by atoms with E-state index in [1.807, 2.05) is 36.4 Å². The molecule has 1 N–H and O–H groups in total. The third-order valence-electron chi connectivity index (χ3n) is 8.10. The van der Waals surface area contributed by atoms with E-state index in [1.54, 1.807) is 19.2 Å². The standard InChI is InChI=1S/C33H37FO5/c1-33(2)14-5-15-38-32(33)29-16-21(8-12-26(29)28-18-24(37-3)11-13-30(28)34)20-39-25-7-4-6-23(17-25)27(19-31(35)36)22-9-10-22/h4,6-8,11-13,16-18,22,27,32H,5,9-10,14-15,19-20H2,1-3H3,(H,35,36). The van der Waals surface area contributed by atoms with Crippen LogP contribution in [0, 0.1) is 17.2 Å². The quantitative estimate of drug-likeness (QED) is 0.287. The minimum absolute atomic E-state index is 0.0142. The van der Waals surface area contributed by atoms with Gasteiger partial charge < -0.3 is 19.3 Å². The van der Waals surface area contributed by atoms with E-state index in [0.717, 1.165) is 47.9 Å². The Balaban J connectivity index is 1.44. The van der Waals surface area contributed by atoms with Crippen LogP contribution in [0.1, 0.15) is 74.7 Å². The van der Waals surface area contributed by atoms with Gasteiger partial charge in [0, 0.05) is 12.2 Å². The Morgan fingerprint density at radius 3 is 2.62 bits per heavy atom. The fourth-order valence-electron chi connectivity index (χ4n) is 5.84. The van der Waals surface area contributed by atoms with E-state index in [1.165, 1.54) is 6.07 Å². The van der Waals surface area contributed by atoms with Crippen LogP contribution in [0.15, 0.2) is 60.7 Å². The fraction of sp³-hybridized carbons (Fsp3) is 0.424. The van der Waals surface area contributed by atoms with Crippen LogP contribution in [0.25, 0.3) is 11.1 Å². The molecule has 0 amide bonds. The van der Waals surface area contributed by atoms with Crippen molar-refractivity contribution in [2.45, 2.75) is 64.6 Å². The summed E-state index contributed by atoms with van der Waals surface area (Å²) in [6.45, 7) is 5.40. The Morgan fingerprint density at radius 2 is 1.90 bits per heavy atom. The number of ether oxygens (including phenoxy) is 3. The van der Waals surface area contributed by atoms with Crippen molar-refractivity contribution < 1.29 is 28.5 Å². The van der Waals surface area contributed by atoms with Crippen molar-refractivity contribution in [3.05, 3.63) is 83.2 Å². The average Bonchev–Trinajstić information content (AvgIpc) is 3.76. The Bertz CT molecular complexity index is 1330. The highest BCUT2D eigenvalue weighted by atomic mass is 19.1. The van der Waals surface area contributed by atoms with Crippen molar-refractivity contribution >= 4 is 5.97 Å². The molecule has 2 aliphatic rings. The molecule has 0 radical (unpaired) electrons. The molecule has 2 unspecified atom stereocenters. The number of carbonyl (C=O) groups is 1. The van der Waals surface area contributed by atoms with Crippen LogP contribution >= 0.6 is 0 Å². The van der Waals surface area contributed by atoms with Gasteiger partial charge in [-0.3, -0.25) is 4.79 Å². The highest BCUT2D eigenvalue weighted by Crippen LogP contribution is 2.47. The smallest absolute Gasteiger partial charge is 0.303 e. The Hall–Kier alpha value is -3.38. The lowest BCUT2D eigenvalue weighted by Crippen LogP contribution is -2.30. The summed E-state index contributed by atoms with van der Waals surface area (Å²) in [5, 5.41) is 9.39. The van der Waals surface area contributed by atoms with Crippen LogP contribution in [-0.4, -0.2) is 24.8 Å². The maximum Gasteiger partial charge on any atom is 0.303 e. The molecule has 5 nitrogen and oxygen atoms in total. The van der Waals surface area contributed by atoms with Crippen molar-refractivity contribution in [2.24, 2.45) is 11.3 Å². The molecule has 3 aromatic carbocycles. The van der Waals surface area contributed by atoms with Crippen LogP contribution in [-0.2, 0) is 16.1 Å². The average molecular weight is 533 g/mol. The molecule has 2 atom stereocenters. The van der Waals surface area contributed by atoms with Crippen molar-refractivity contribution in [3.8, 4) is 22.6 Å². The largest absolute Gasteiger partial charge is 0.497 e. The van der Waals surface area contributed by atoms with Crippen molar-refractivity contribution in [1.82, 2.24) is 0 Å². The number of methoxy groups -OCH3 is 1. The summed E-state index contributed by atoms with van der Waals surface area (Å²) in [5.41, 5.74) is 4.07. The van der Waals surface area contributed by atoms with Crippen molar-refractivity contribution in [1.29, 1.82) is 0 Å². The van der Waals surface area contributed by atoms with E-state index in [0.29, 0.717) is 36.2 Å². The van der Waals surface area contributed by atoms with Gasteiger partial charge in [0.2, 0.25) is 0 Å². The van der Waals surface area contributed by atoms with Crippen molar-refractivity contribution in [3.63, 3.8) is 0 Å². The summed E-state index contributed by atoms with van der Waals surface area (Å²) in [4.78, 5) is 11.4. The number of benzene rings is 3. The Kier molecular flexibility index (Phi) is 7.94. The zero-order chi connectivity index (χ0) is 27.6. The molecule has 0 bridgehead atoms. The van der Waals surface area contributed by atoms with Crippen LogP contribution in [0.4, 0.5) is 4.39 Å². The molecule has 39 heavy (non-hydrogen) atoms. The van der Waals surface area contributed by atoms with E-state index in [2.05, 4.69) is 19.9 Å². The molecule has 1 saturated heterocycles. The number of carboxylic acid groups (broad SMARTS) is 1. The number of carboxylic acids is 1. The molecule has 1 heterocycles. The van der Waals surface area contributed by atoms with E-state index < -0.39 is 5.97 Å². The third kappa shape index (κ3) is 6.27. The monoisotopic (exact) mass is 532 g/mol. The first kappa shape index (κ1) is 27.2. The van der Waals surface area contributed by atoms with Gasteiger partial charge >= 0.3 is 5.97 Å². The van der Waals surface area contributed by atoms with Gasteiger partial charge in [-0.05, 0) is 102 Å². The number of hydrogen-bond acceptors (Lipinski definition) is 4. The molecular weight excluding hydrogens is 495 g/mol. The first-order valence-corrected chi connectivity index (χ1v) is 13.8. The second-order valence-electron chi connectivity index (χ2n) is 11.5. The van der Waals surface area contributed by atoms with Crippen LogP contribution in [0.3, 0.4) is 0 Å². The number of aliphatic carboxylic acids is 1. The zero-order valence-electron chi connectivity index (χ0n) is 22.9. The highest BCUT2D eigenvalue weighted by Gasteiger charge is 2.37. The summed E-state index contributed by atoms with van der Waals surface area (Å²) < 4.78 is 33.0. The van der Waals surface area contributed by atoms with E-state index >= 15 is 4.39 Å². The van der Waals surface area contributed by atoms with Gasteiger partial charge in [-0.1, -0.05) is 38.1 Å². The summed E-state index contributed by atoms with van der Waals surface area (Å²) in [5.74, 6) is 0.676. The number of hydrogen-bond donors (Lipinski definition) is 1. The maximum absolute atomic E-state index is 15.1. The molecule has 206 valence electrons. The van der Waals surface area contributed by atoms with Gasteiger partial charge in [0.05, 0.1) is 19.6 Å². The predicted octanol–water partition coefficient (Wildman–Crippen LogP) is 7.93. The second kappa shape index (κ2) is 11.4. The van der Waals surface area contributed by atoms with Gasteiger partial charge in [0.25, 0.3) is 0 Å². The third-order valence-corrected chi connectivity index (χ3v) is 8.10. The zero-order valence-corrected chi connectivity index (χ0v) is 22.9. The molecule has 0 aromatic heterocycles. The minimum Gasteiger partial charge on any atom is -0.497 e. The minimum atomic E-state index is -0.772. The number of rotatable bonds is 10. The predicted molar refractivity (Wildman–Crippen MR) is 149 cm³/mol. The first-order chi connectivity index (χ1) is 18.7. The summed E-state index contributed by atoms with van der Waals surface area (Å²) in [6.07, 6.45) is 4.11. The molecule has 1 aliphatic heterocycles. The summed E-state index contributed by atoms with van der Waals surface area (Å²) >= 11 is 0. The SMILES string of the molecule is COc1ccc(F)c(-c2ccc(COc3cccc(C(CC(=O)O)C4CC4)c3)cc2C2OCCCC2(C)C)c1. The lowest BCUT2D eigenvalue weighted by molar-refractivity contribution is -0.137. The van der Waals surface area contributed by atoms with Gasteiger partial charge in [0.15, 0.2) is 0 Å². The Morgan fingerprint density at radius 1 is 1.08 bits per heavy atom. The molecule has 2 fully saturated rings. The number of halogens is 1. The second-order valence-corrected chi connectivity index (χ2v) is 11.5. The first-order valence-electron chi connectivity index (χ1n) is 13.8. The molecule has 5 rings (SSSR count). The van der Waals surface area contributed by atoms with Gasteiger partial charge in [-0.2, -0.15) is 0 Å². The molecule has 1 saturated carbocycles. The van der Waals surface area contributed by atoms with Crippen LogP contribution < -0.4 is 9.47 Å². The highest BCUT2D eigenvalue weighted by molar-refractivity contribution is 5.71. The van der Waals surface area contributed by atoms with Gasteiger partial charge in [0.1, 0.15) is 23.9 Å².